The van der Waals surface area contributed by atoms with Gasteiger partial charge in [0.05, 0.1) is 28.9 Å². The molecule has 4 rings (SSSR count). The van der Waals surface area contributed by atoms with Crippen LogP contribution in [0.2, 0.25) is 0 Å². The number of fused-ring (bicyclic) bond motifs is 1. The van der Waals surface area contributed by atoms with Crippen molar-refractivity contribution in [3.63, 3.8) is 0 Å². The van der Waals surface area contributed by atoms with Gasteiger partial charge in [-0.05, 0) is 52.5 Å². The Balaban J connectivity index is 1.63. The van der Waals surface area contributed by atoms with Gasteiger partial charge in [0.15, 0.2) is 0 Å². The van der Waals surface area contributed by atoms with Gasteiger partial charge in [-0.3, -0.25) is 0 Å². The molecular weight excluding hydrogens is 443 g/mol. The Morgan fingerprint density at radius 1 is 1.15 bits per heavy atom. The topological polar surface area (TPSA) is 74.2 Å². The average Bonchev–Trinajstić information content (AvgIpc) is 2.78. The van der Waals surface area contributed by atoms with Gasteiger partial charge in [0.25, 0.3) is 6.43 Å². The first-order chi connectivity index (χ1) is 16.0. The number of hydrogen-bond acceptors (Lipinski definition) is 6. The molecule has 2 aromatic heterocycles. The third-order valence-corrected chi connectivity index (χ3v) is 6.61. The highest BCUT2D eigenvalue weighted by Gasteiger charge is 2.31. The molecule has 0 aliphatic carbocycles. The normalized spacial score (nSPS) is 16.3. The minimum Gasteiger partial charge on any atom is -0.390 e. The number of nitrogens with one attached hydrogen (secondary N) is 1. The van der Waals surface area contributed by atoms with Gasteiger partial charge in [-0.1, -0.05) is 18.2 Å². The largest absolute Gasteiger partial charge is 0.390 e. The number of benzene rings is 1. The lowest BCUT2D eigenvalue weighted by Gasteiger charge is -2.38. The predicted molar refractivity (Wildman–Crippen MR) is 127 cm³/mol. The second-order valence-electron chi connectivity index (χ2n) is 9.51. The molecule has 0 bridgehead atoms. The molecule has 1 atom stereocenters. The smallest absolute Gasteiger partial charge is 0.266 e. The van der Waals surface area contributed by atoms with E-state index in [4.69, 9.17) is 0 Å². The summed E-state index contributed by atoms with van der Waals surface area (Å²) in [5, 5.41) is 14.2. The Morgan fingerprint density at radius 3 is 2.47 bits per heavy atom. The van der Waals surface area contributed by atoms with E-state index in [9.17, 15) is 18.3 Å². The van der Waals surface area contributed by atoms with Gasteiger partial charge < -0.3 is 15.3 Å². The van der Waals surface area contributed by atoms with Crippen molar-refractivity contribution in [3.8, 4) is 0 Å². The summed E-state index contributed by atoms with van der Waals surface area (Å²) in [5.74, 6) is 1.10. The van der Waals surface area contributed by atoms with Crippen molar-refractivity contribution in [1.82, 2.24) is 15.0 Å². The molecule has 0 spiro atoms. The second kappa shape index (κ2) is 9.37. The van der Waals surface area contributed by atoms with E-state index in [1.807, 2.05) is 19.9 Å². The number of aromatic nitrogens is 3. The number of alkyl halides is 2. The third-order valence-electron chi connectivity index (χ3n) is 6.61. The molecule has 1 fully saturated rings. The number of piperidine rings is 1. The number of rotatable bonds is 6. The van der Waals surface area contributed by atoms with Crippen molar-refractivity contribution in [2.45, 2.75) is 58.6 Å². The molecule has 1 aliphatic heterocycles. The molecule has 0 saturated carbocycles. The Kier molecular flexibility index (Phi) is 6.66. The highest BCUT2D eigenvalue weighted by molar-refractivity contribution is 5.90. The summed E-state index contributed by atoms with van der Waals surface area (Å²) in [6.07, 6.45) is 0.517. The van der Waals surface area contributed by atoms with Gasteiger partial charge >= 0.3 is 0 Å². The second-order valence-corrected chi connectivity index (χ2v) is 9.51. The lowest BCUT2D eigenvalue weighted by molar-refractivity contribution is 0.00646. The Hall–Kier alpha value is -2.94. The molecular formula is C25H30F3N5O. The number of anilines is 2. The summed E-state index contributed by atoms with van der Waals surface area (Å²) in [7, 11) is 0. The molecule has 3 heterocycles. The van der Waals surface area contributed by atoms with E-state index in [1.54, 1.807) is 20.0 Å². The monoisotopic (exact) mass is 473 g/mol. The van der Waals surface area contributed by atoms with Crippen LogP contribution in [0.25, 0.3) is 10.9 Å². The van der Waals surface area contributed by atoms with Crippen molar-refractivity contribution in [3.05, 3.63) is 53.2 Å². The van der Waals surface area contributed by atoms with Gasteiger partial charge in [0.2, 0.25) is 0 Å². The molecule has 9 heteroatoms. The van der Waals surface area contributed by atoms with Crippen molar-refractivity contribution in [2.24, 2.45) is 5.92 Å². The van der Waals surface area contributed by atoms with E-state index in [0.29, 0.717) is 17.2 Å². The molecule has 2 N–H and O–H groups in total. The van der Waals surface area contributed by atoms with E-state index in [1.165, 1.54) is 12.1 Å². The molecule has 3 aromatic rings. The van der Waals surface area contributed by atoms with Gasteiger partial charge in [0, 0.05) is 24.0 Å². The van der Waals surface area contributed by atoms with Crippen LogP contribution in [-0.2, 0) is 0 Å². The zero-order valence-corrected chi connectivity index (χ0v) is 19.8. The van der Waals surface area contributed by atoms with Crippen LogP contribution in [0.5, 0.6) is 0 Å². The number of aliphatic hydroxyl groups is 1. The van der Waals surface area contributed by atoms with Crippen LogP contribution >= 0.6 is 0 Å². The maximum Gasteiger partial charge on any atom is 0.266 e. The summed E-state index contributed by atoms with van der Waals surface area (Å²) in [4.78, 5) is 15.7. The molecule has 1 aliphatic rings. The lowest BCUT2D eigenvalue weighted by Crippen LogP contribution is -2.42. The molecule has 6 nitrogen and oxygen atoms in total. The SMILES string of the molecule is Cc1nc(NC(C)c2cccc(C(F)F)c2F)c2cc(N3CCC(C(C)(C)O)CC3)ncc2n1. The summed E-state index contributed by atoms with van der Waals surface area (Å²) < 4.78 is 41.0. The Bertz CT molecular complexity index is 1170. The third kappa shape index (κ3) is 4.94. The molecule has 1 unspecified atom stereocenters. The van der Waals surface area contributed by atoms with Crippen molar-refractivity contribution in [1.29, 1.82) is 0 Å². The highest BCUT2D eigenvalue weighted by atomic mass is 19.3. The molecule has 0 amide bonds. The number of pyridine rings is 1. The minimum atomic E-state index is -2.89. The molecule has 34 heavy (non-hydrogen) atoms. The van der Waals surface area contributed by atoms with Crippen LogP contribution in [0.3, 0.4) is 0 Å². The minimum absolute atomic E-state index is 0.144. The van der Waals surface area contributed by atoms with E-state index >= 15 is 0 Å². The molecule has 182 valence electrons. The van der Waals surface area contributed by atoms with E-state index in [0.717, 1.165) is 43.2 Å². The Morgan fingerprint density at radius 2 is 1.82 bits per heavy atom. The zero-order chi connectivity index (χ0) is 24.6. The fourth-order valence-corrected chi connectivity index (χ4v) is 4.59. The molecule has 0 radical (unpaired) electrons. The van der Waals surface area contributed by atoms with Crippen molar-refractivity contribution >= 4 is 22.5 Å². The van der Waals surface area contributed by atoms with Crippen LogP contribution < -0.4 is 10.2 Å². The van der Waals surface area contributed by atoms with E-state index in [2.05, 4.69) is 25.2 Å². The maximum atomic E-state index is 14.7. The predicted octanol–water partition coefficient (Wildman–Crippen LogP) is 5.57. The quantitative estimate of drug-likeness (QED) is 0.488. The van der Waals surface area contributed by atoms with Crippen molar-refractivity contribution in [2.75, 3.05) is 23.3 Å². The fraction of sp³-hybridized carbons (Fsp3) is 0.480. The number of halogens is 3. The number of nitrogens with zero attached hydrogens (tertiary/aromatic N) is 4. The fourth-order valence-electron chi connectivity index (χ4n) is 4.59. The molecule has 1 saturated heterocycles. The first-order valence-electron chi connectivity index (χ1n) is 11.5. The van der Waals surface area contributed by atoms with Crippen LogP contribution in [0.1, 0.15) is 63.0 Å². The lowest BCUT2D eigenvalue weighted by atomic mass is 9.83. The van der Waals surface area contributed by atoms with Crippen LogP contribution in [-0.4, -0.2) is 38.7 Å². The van der Waals surface area contributed by atoms with Gasteiger partial charge in [-0.25, -0.2) is 28.1 Å². The summed E-state index contributed by atoms with van der Waals surface area (Å²) in [6, 6.07) is 5.32. The van der Waals surface area contributed by atoms with Crippen molar-refractivity contribution < 1.29 is 18.3 Å². The van der Waals surface area contributed by atoms with Crippen LogP contribution in [0, 0.1) is 18.7 Å². The van der Waals surface area contributed by atoms with E-state index in [-0.39, 0.29) is 11.5 Å². The number of aryl methyl sites for hydroxylation is 1. The van der Waals surface area contributed by atoms with Gasteiger partial charge in [0.1, 0.15) is 23.3 Å². The molecule has 1 aromatic carbocycles. The summed E-state index contributed by atoms with van der Waals surface area (Å²) >= 11 is 0. The van der Waals surface area contributed by atoms with Crippen LogP contribution in [0.15, 0.2) is 30.5 Å². The zero-order valence-electron chi connectivity index (χ0n) is 19.8. The average molecular weight is 474 g/mol. The van der Waals surface area contributed by atoms with Gasteiger partial charge in [-0.15, -0.1) is 0 Å². The van der Waals surface area contributed by atoms with E-state index < -0.39 is 29.4 Å². The first-order valence-corrected chi connectivity index (χ1v) is 11.5. The standard InChI is InChI=1S/C25H30F3N5O/c1-14(17-6-5-7-18(22(17)26)23(27)28)30-24-19-12-21(29-13-20(19)31-15(2)32-24)33-10-8-16(9-11-33)25(3,4)34/h5-7,12-14,16,23,34H,8-11H2,1-4H3,(H,30,31,32). The number of hydrogen-bond donors (Lipinski definition) is 2. The first kappa shape index (κ1) is 24.2. The maximum absolute atomic E-state index is 14.7. The highest BCUT2D eigenvalue weighted by Crippen LogP contribution is 2.33. The van der Waals surface area contributed by atoms with Crippen LogP contribution in [0.4, 0.5) is 24.8 Å². The van der Waals surface area contributed by atoms with Gasteiger partial charge in [-0.2, -0.15) is 0 Å². The summed E-state index contributed by atoms with van der Waals surface area (Å²) in [5.41, 5.74) is -0.543. The Labute approximate surface area is 197 Å². The summed E-state index contributed by atoms with van der Waals surface area (Å²) in [6.45, 7) is 8.69.